The molecule has 1 aromatic carbocycles. The fourth-order valence-electron chi connectivity index (χ4n) is 5.84. The Morgan fingerprint density at radius 3 is 2.20 bits per heavy atom. The summed E-state index contributed by atoms with van der Waals surface area (Å²) in [5.41, 5.74) is -2.96. The second-order valence-corrected chi connectivity index (χ2v) is 11.6. The number of halogens is 4. The van der Waals surface area contributed by atoms with Gasteiger partial charge in [0, 0.05) is 80.1 Å². The number of morpholine rings is 1. The molecule has 2 aromatic heterocycles. The smallest absolute Gasteiger partial charge is 0.264 e. The first kappa shape index (κ1) is 31.4. The molecule has 0 aliphatic carbocycles. The molecule has 5 rings (SSSR count). The number of carbonyl (C=O) groups excluding carboxylic acids is 1. The van der Waals surface area contributed by atoms with Crippen LogP contribution in [0, 0.1) is 11.6 Å². The van der Waals surface area contributed by atoms with Gasteiger partial charge in [0.25, 0.3) is 12.3 Å². The summed E-state index contributed by atoms with van der Waals surface area (Å²) in [6, 6.07) is 1.75. The highest BCUT2D eigenvalue weighted by Gasteiger charge is 2.32. The number of aromatic nitrogens is 3. The lowest BCUT2D eigenvalue weighted by atomic mass is 10.0. The van der Waals surface area contributed by atoms with Crippen molar-refractivity contribution in [3.05, 3.63) is 63.8 Å². The third-order valence-electron chi connectivity index (χ3n) is 8.20. The van der Waals surface area contributed by atoms with Crippen LogP contribution < -0.4 is 20.7 Å². The lowest BCUT2D eigenvalue weighted by molar-refractivity contribution is -0.00572. The minimum atomic E-state index is -3.14. The van der Waals surface area contributed by atoms with E-state index in [1.807, 2.05) is 39.6 Å². The summed E-state index contributed by atoms with van der Waals surface area (Å²) in [4.78, 5) is 41.7. The van der Waals surface area contributed by atoms with Gasteiger partial charge in [-0.05, 0) is 34.7 Å². The molecule has 0 radical (unpaired) electrons. The van der Waals surface area contributed by atoms with Crippen LogP contribution in [0.15, 0.2) is 35.5 Å². The minimum Gasteiger partial charge on any atom is -0.372 e. The van der Waals surface area contributed by atoms with Gasteiger partial charge in [-0.1, -0.05) is 0 Å². The van der Waals surface area contributed by atoms with Crippen molar-refractivity contribution in [1.82, 2.24) is 19.9 Å². The van der Waals surface area contributed by atoms with Crippen molar-refractivity contribution in [3.63, 3.8) is 0 Å². The number of rotatable bonds is 6. The number of hydrogen-bond donors (Lipinski definition) is 2. The van der Waals surface area contributed by atoms with Gasteiger partial charge < -0.3 is 24.8 Å². The van der Waals surface area contributed by atoms with Gasteiger partial charge >= 0.3 is 0 Å². The highest BCUT2D eigenvalue weighted by atomic mass is 19.3. The number of ether oxygens (including phenoxy) is 1. The van der Waals surface area contributed by atoms with Gasteiger partial charge in [0.15, 0.2) is 5.82 Å². The quantitative estimate of drug-likeness (QED) is 0.391. The Kier molecular flexibility index (Phi) is 8.93. The number of alkyl halides is 2. The third-order valence-corrected chi connectivity index (χ3v) is 8.20. The Morgan fingerprint density at radius 2 is 1.61 bits per heavy atom. The van der Waals surface area contributed by atoms with Gasteiger partial charge in [0.1, 0.15) is 11.5 Å². The third kappa shape index (κ3) is 6.27. The van der Waals surface area contributed by atoms with Crippen LogP contribution in [0.4, 0.5) is 34.9 Å². The molecule has 4 atom stereocenters. The van der Waals surface area contributed by atoms with Crippen molar-refractivity contribution in [3.8, 4) is 11.1 Å². The maximum Gasteiger partial charge on any atom is 0.264 e. The summed E-state index contributed by atoms with van der Waals surface area (Å²) in [5.74, 6) is -2.73. The van der Waals surface area contributed by atoms with Gasteiger partial charge in [0.05, 0.1) is 29.0 Å². The number of nitrogens with zero attached hydrogens (tertiary/aromatic N) is 5. The topological polar surface area (TPSA) is 107 Å². The van der Waals surface area contributed by atoms with E-state index in [0.29, 0.717) is 38.2 Å². The SMILES string of the molecule is C[C@@H]1CN(c2ncc(-c3c(F)cc(N4C[C@@H](C)N(C)[C@@H](C)C4)c(NC(=O)c4c[nH]c(=O)cc4C(F)F)c3F)cn2)C[C@H](C)O1. The van der Waals surface area contributed by atoms with Gasteiger partial charge in [-0.25, -0.2) is 27.5 Å². The van der Waals surface area contributed by atoms with E-state index in [0.717, 1.165) is 12.3 Å². The van der Waals surface area contributed by atoms with Crippen molar-refractivity contribution in [2.75, 3.05) is 48.3 Å². The average Bonchev–Trinajstić information content (AvgIpc) is 2.96. The monoisotopic (exact) mass is 617 g/mol. The first-order valence-corrected chi connectivity index (χ1v) is 14.4. The van der Waals surface area contributed by atoms with E-state index in [4.69, 9.17) is 4.74 Å². The first-order chi connectivity index (χ1) is 20.8. The van der Waals surface area contributed by atoms with Gasteiger partial charge in [-0.3, -0.25) is 14.5 Å². The number of pyridine rings is 1. The summed E-state index contributed by atoms with van der Waals surface area (Å²) >= 11 is 0. The highest BCUT2D eigenvalue weighted by molar-refractivity contribution is 6.07. The molecule has 0 saturated carbocycles. The van der Waals surface area contributed by atoms with Gasteiger partial charge in [-0.2, -0.15) is 0 Å². The Morgan fingerprint density at radius 1 is 1.00 bits per heavy atom. The van der Waals surface area contributed by atoms with Crippen LogP contribution in [-0.4, -0.2) is 83.3 Å². The molecule has 10 nitrogen and oxygen atoms in total. The molecule has 2 saturated heterocycles. The maximum atomic E-state index is 16.5. The van der Waals surface area contributed by atoms with Crippen molar-refractivity contribution in [2.45, 2.75) is 58.4 Å². The molecule has 2 aliphatic heterocycles. The molecule has 3 aromatic rings. The second-order valence-electron chi connectivity index (χ2n) is 11.6. The van der Waals surface area contributed by atoms with E-state index in [9.17, 15) is 18.4 Å². The zero-order valence-corrected chi connectivity index (χ0v) is 25.1. The number of hydrogen-bond acceptors (Lipinski definition) is 8. The number of anilines is 3. The number of aromatic amines is 1. The summed E-state index contributed by atoms with van der Waals surface area (Å²) in [6.45, 7) is 9.65. The molecule has 1 amide bonds. The molecule has 0 bridgehead atoms. The Balaban J connectivity index is 1.57. The zero-order chi connectivity index (χ0) is 31.9. The van der Waals surface area contributed by atoms with E-state index >= 15 is 8.78 Å². The Labute approximate surface area is 252 Å². The average molecular weight is 618 g/mol. The van der Waals surface area contributed by atoms with Gasteiger partial charge in [-0.15, -0.1) is 0 Å². The normalized spacial score (nSPS) is 22.9. The molecule has 2 N–H and O–H groups in total. The second kappa shape index (κ2) is 12.5. The molecular weight excluding hydrogens is 582 g/mol. The van der Waals surface area contributed by atoms with E-state index in [1.54, 1.807) is 4.90 Å². The Bertz CT molecular complexity index is 1560. The number of benzene rings is 1. The number of carbonyl (C=O) groups is 1. The Hall–Kier alpha value is -4.04. The fraction of sp³-hybridized carbons (Fsp3) is 0.467. The number of likely N-dealkylation sites (N-methyl/N-ethyl adjacent to an activating group) is 1. The standard InChI is InChI=1S/C30H35F4N7O3/c1-15-11-40(12-16(2)39(15)5)23-7-22(31)25(19-8-36-30(37-9-19)41-13-17(3)44-18(4)14-41)26(32)27(23)38-29(43)21-10-35-24(42)6-20(21)28(33)34/h6-10,15-18,28H,11-14H2,1-5H3,(H,35,42)(H,38,43)/t15-,16+,17-,18+. The number of piperazine rings is 1. The number of nitrogens with one attached hydrogen (secondary N) is 2. The largest absolute Gasteiger partial charge is 0.372 e. The van der Waals surface area contributed by atoms with Crippen molar-refractivity contribution >= 4 is 23.2 Å². The predicted octanol–water partition coefficient (Wildman–Crippen LogP) is 4.44. The highest BCUT2D eigenvalue weighted by Crippen LogP contribution is 2.39. The number of H-pyrrole nitrogens is 1. The molecule has 236 valence electrons. The lowest BCUT2D eigenvalue weighted by Gasteiger charge is -2.44. The summed E-state index contributed by atoms with van der Waals surface area (Å²) in [5, 5.41) is 2.40. The molecule has 2 fully saturated rings. The van der Waals surface area contributed by atoms with Crippen LogP contribution in [0.5, 0.6) is 0 Å². The van der Waals surface area contributed by atoms with E-state index in [-0.39, 0.29) is 41.2 Å². The van der Waals surface area contributed by atoms with Crippen molar-refractivity contribution < 1.29 is 27.1 Å². The summed E-state index contributed by atoms with van der Waals surface area (Å²) < 4.78 is 65.5. The molecule has 4 heterocycles. The molecule has 44 heavy (non-hydrogen) atoms. The summed E-state index contributed by atoms with van der Waals surface area (Å²) in [6.07, 6.45) is 0.208. The van der Waals surface area contributed by atoms with Crippen LogP contribution in [0.25, 0.3) is 11.1 Å². The fourth-order valence-corrected chi connectivity index (χ4v) is 5.84. The van der Waals surface area contributed by atoms with E-state index in [1.165, 1.54) is 12.4 Å². The van der Waals surface area contributed by atoms with Gasteiger partial charge in [0.2, 0.25) is 11.5 Å². The van der Waals surface area contributed by atoms with Crippen LogP contribution in [0.1, 0.15) is 50.0 Å². The molecule has 0 unspecified atom stereocenters. The van der Waals surface area contributed by atoms with Crippen LogP contribution >= 0.6 is 0 Å². The molecule has 2 aliphatic rings. The van der Waals surface area contributed by atoms with E-state index < -0.39 is 46.2 Å². The van der Waals surface area contributed by atoms with Crippen LogP contribution in [0.2, 0.25) is 0 Å². The van der Waals surface area contributed by atoms with Crippen molar-refractivity contribution in [1.29, 1.82) is 0 Å². The maximum absolute atomic E-state index is 16.5. The molecule has 14 heteroatoms. The molecule has 0 spiro atoms. The van der Waals surface area contributed by atoms with Crippen molar-refractivity contribution in [2.24, 2.45) is 0 Å². The minimum absolute atomic E-state index is 0.00398. The van der Waals surface area contributed by atoms with Crippen LogP contribution in [0.3, 0.4) is 0 Å². The molecular formula is C30H35F4N7O3. The predicted molar refractivity (Wildman–Crippen MR) is 158 cm³/mol. The zero-order valence-electron chi connectivity index (χ0n) is 25.1. The van der Waals surface area contributed by atoms with E-state index in [2.05, 4.69) is 25.2 Å². The first-order valence-electron chi connectivity index (χ1n) is 14.4. The lowest BCUT2D eigenvalue weighted by Crippen LogP contribution is -2.55. The summed E-state index contributed by atoms with van der Waals surface area (Å²) in [7, 11) is 1.95. The number of amides is 1. The van der Waals surface area contributed by atoms with Crippen LogP contribution in [-0.2, 0) is 4.74 Å².